The van der Waals surface area contributed by atoms with Crippen molar-refractivity contribution in [1.29, 1.82) is 0 Å². The summed E-state index contributed by atoms with van der Waals surface area (Å²) >= 11 is 0. The molecule has 0 atom stereocenters. The van der Waals surface area contributed by atoms with Crippen LogP contribution in [-0.2, 0) is 6.54 Å². The molecule has 0 saturated heterocycles. The fourth-order valence-corrected chi connectivity index (χ4v) is 7.17. The molecular formula is C33H31N2O2P. The minimum absolute atomic E-state index is 0.601. The van der Waals surface area contributed by atoms with E-state index in [4.69, 9.17) is 9.47 Å². The zero-order valence-electron chi connectivity index (χ0n) is 21.9. The van der Waals surface area contributed by atoms with Gasteiger partial charge in [-0.1, -0.05) is 84.9 Å². The number of methoxy groups -OCH3 is 2. The number of pyridine rings is 1. The van der Waals surface area contributed by atoms with Crippen LogP contribution < -0.4 is 30.7 Å². The lowest BCUT2D eigenvalue weighted by molar-refractivity contribution is 0.410. The van der Waals surface area contributed by atoms with Gasteiger partial charge in [0.25, 0.3) is 0 Å². The lowest BCUT2D eigenvalue weighted by atomic mass is 10.0. The molecule has 0 aliphatic rings. The van der Waals surface area contributed by atoms with Crippen LogP contribution in [0, 0.1) is 6.92 Å². The Morgan fingerprint density at radius 2 is 1.26 bits per heavy atom. The van der Waals surface area contributed by atoms with Gasteiger partial charge in [0.2, 0.25) is 0 Å². The summed E-state index contributed by atoms with van der Waals surface area (Å²) in [6.45, 7) is 2.69. The van der Waals surface area contributed by atoms with Gasteiger partial charge in [0, 0.05) is 17.4 Å². The van der Waals surface area contributed by atoms with Crippen LogP contribution in [-0.4, -0.2) is 19.2 Å². The standard InChI is InChI=1S/C33H31N2O2P/c1-24-13-12-22-34-28(24)23-35-27-18-10-19-29(36-2)32(27)33-30(37-3)20-11-21-31(33)38(25-14-6-4-7-15-25)26-16-8-5-9-17-26/h4-22,35H,23H2,1-3H3. The molecule has 1 heterocycles. The normalized spacial score (nSPS) is 10.8. The maximum absolute atomic E-state index is 6.01. The molecule has 0 fully saturated rings. The molecule has 4 nitrogen and oxygen atoms in total. The van der Waals surface area contributed by atoms with Gasteiger partial charge in [-0.15, -0.1) is 0 Å². The van der Waals surface area contributed by atoms with Gasteiger partial charge in [-0.2, -0.15) is 0 Å². The number of hydrogen-bond acceptors (Lipinski definition) is 4. The summed E-state index contributed by atoms with van der Waals surface area (Å²) in [5, 5.41) is 7.41. The van der Waals surface area contributed by atoms with Gasteiger partial charge in [-0.05, 0) is 60.6 Å². The Labute approximate surface area is 226 Å². The largest absolute Gasteiger partial charge is 0.496 e. The van der Waals surface area contributed by atoms with Crippen LogP contribution in [0.3, 0.4) is 0 Å². The molecular weight excluding hydrogens is 487 g/mol. The number of anilines is 1. The van der Waals surface area contributed by atoms with Crippen LogP contribution in [0.5, 0.6) is 11.5 Å². The van der Waals surface area contributed by atoms with E-state index in [1.165, 1.54) is 15.9 Å². The summed E-state index contributed by atoms with van der Waals surface area (Å²) in [6, 6.07) is 37.9. The van der Waals surface area contributed by atoms with Crippen LogP contribution in [0.1, 0.15) is 11.3 Å². The van der Waals surface area contributed by atoms with Crippen LogP contribution in [0.15, 0.2) is 115 Å². The van der Waals surface area contributed by atoms with Crippen LogP contribution in [0.4, 0.5) is 5.69 Å². The number of hydrogen-bond donors (Lipinski definition) is 1. The molecule has 0 aliphatic heterocycles. The van der Waals surface area contributed by atoms with Gasteiger partial charge in [0.1, 0.15) is 11.5 Å². The number of nitrogens with zero attached hydrogens (tertiary/aromatic N) is 1. The zero-order chi connectivity index (χ0) is 26.3. The van der Waals surface area contributed by atoms with Crippen molar-refractivity contribution in [2.75, 3.05) is 19.5 Å². The Morgan fingerprint density at radius 1 is 0.658 bits per heavy atom. The molecule has 4 aromatic carbocycles. The summed E-state index contributed by atoms with van der Waals surface area (Å²) in [6.07, 6.45) is 1.84. The van der Waals surface area contributed by atoms with Crippen LogP contribution in [0.25, 0.3) is 11.1 Å². The molecule has 0 amide bonds. The molecule has 0 spiro atoms. The van der Waals surface area contributed by atoms with E-state index in [1.807, 2.05) is 30.5 Å². The summed E-state index contributed by atoms with van der Waals surface area (Å²) < 4.78 is 12.0. The second-order valence-electron chi connectivity index (χ2n) is 8.86. The third-order valence-corrected chi connectivity index (χ3v) is 9.04. The molecule has 1 aromatic heterocycles. The molecule has 0 radical (unpaired) electrons. The van der Waals surface area contributed by atoms with Crippen LogP contribution in [0.2, 0.25) is 0 Å². The maximum atomic E-state index is 6.01. The van der Waals surface area contributed by atoms with Gasteiger partial charge >= 0.3 is 0 Å². The van der Waals surface area contributed by atoms with Gasteiger partial charge in [-0.25, -0.2) is 0 Å². The van der Waals surface area contributed by atoms with Crippen molar-refractivity contribution in [1.82, 2.24) is 4.98 Å². The van der Waals surface area contributed by atoms with E-state index in [9.17, 15) is 0 Å². The number of rotatable bonds is 9. The van der Waals surface area contributed by atoms with Crippen LogP contribution >= 0.6 is 7.92 Å². The monoisotopic (exact) mass is 518 g/mol. The highest BCUT2D eigenvalue weighted by molar-refractivity contribution is 7.80. The summed E-state index contributed by atoms with van der Waals surface area (Å²) in [5.74, 6) is 1.60. The average molecular weight is 519 g/mol. The molecule has 0 bridgehead atoms. The third kappa shape index (κ3) is 5.27. The van der Waals surface area contributed by atoms with E-state index in [1.54, 1.807) is 14.2 Å². The molecule has 190 valence electrons. The summed E-state index contributed by atoms with van der Waals surface area (Å²) in [4.78, 5) is 4.58. The predicted octanol–water partition coefficient (Wildman–Crippen LogP) is 6.44. The number of nitrogens with one attached hydrogen (secondary N) is 1. The van der Waals surface area contributed by atoms with E-state index in [2.05, 4.69) is 102 Å². The van der Waals surface area contributed by atoms with Crippen molar-refractivity contribution in [3.63, 3.8) is 0 Å². The minimum Gasteiger partial charge on any atom is -0.496 e. The van der Waals surface area contributed by atoms with E-state index >= 15 is 0 Å². The van der Waals surface area contributed by atoms with Gasteiger partial charge in [-0.3, -0.25) is 4.98 Å². The van der Waals surface area contributed by atoms with Gasteiger partial charge in [0.15, 0.2) is 0 Å². The zero-order valence-corrected chi connectivity index (χ0v) is 22.8. The molecule has 0 unspecified atom stereocenters. The highest BCUT2D eigenvalue weighted by Crippen LogP contribution is 2.46. The number of benzene rings is 4. The smallest absolute Gasteiger partial charge is 0.128 e. The molecule has 0 aliphatic carbocycles. The first-order chi connectivity index (χ1) is 18.7. The molecule has 5 rings (SSSR count). The predicted molar refractivity (Wildman–Crippen MR) is 160 cm³/mol. The topological polar surface area (TPSA) is 43.4 Å². The van der Waals surface area contributed by atoms with Gasteiger partial charge in [0.05, 0.1) is 32.0 Å². The molecule has 38 heavy (non-hydrogen) atoms. The highest BCUT2D eigenvalue weighted by atomic mass is 31.1. The average Bonchev–Trinajstić information content (AvgIpc) is 2.98. The Kier molecular flexibility index (Phi) is 8.01. The lowest BCUT2D eigenvalue weighted by Crippen LogP contribution is -2.23. The fraction of sp³-hybridized carbons (Fsp3) is 0.121. The van der Waals surface area contributed by atoms with Gasteiger partial charge < -0.3 is 14.8 Å². The molecule has 5 aromatic rings. The first kappa shape index (κ1) is 25.5. The van der Waals surface area contributed by atoms with Crippen molar-refractivity contribution < 1.29 is 9.47 Å². The number of aryl methyl sites for hydroxylation is 1. The number of aromatic nitrogens is 1. The Bertz CT molecular complexity index is 1470. The fourth-order valence-electron chi connectivity index (χ4n) is 4.70. The van der Waals surface area contributed by atoms with E-state index in [-0.39, 0.29) is 0 Å². The minimum atomic E-state index is -0.876. The van der Waals surface area contributed by atoms with Crippen molar-refractivity contribution in [2.24, 2.45) is 0 Å². The highest BCUT2D eigenvalue weighted by Gasteiger charge is 2.26. The SMILES string of the molecule is COc1cccc(NCc2ncccc2C)c1-c1c(OC)cccc1P(c1ccccc1)c1ccccc1. The molecule has 1 N–H and O–H groups in total. The molecule has 0 saturated carbocycles. The summed E-state index contributed by atoms with van der Waals surface area (Å²) in [7, 11) is 2.58. The quantitative estimate of drug-likeness (QED) is 0.228. The lowest BCUT2D eigenvalue weighted by Gasteiger charge is -2.26. The van der Waals surface area contributed by atoms with Crippen molar-refractivity contribution in [2.45, 2.75) is 13.5 Å². The second kappa shape index (κ2) is 11.9. The second-order valence-corrected chi connectivity index (χ2v) is 11.0. The summed E-state index contributed by atoms with van der Waals surface area (Å²) in [5.41, 5.74) is 5.15. The Balaban J connectivity index is 1.72. The van der Waals surface area contributed by atoms with E-state index in [0.717, 1.165) is 39.6 Å². The van der Waals surface area contributed by atoms with Crippen molar-refractivity contribution >= 4 is 29.5 Å². The number of ether oxygens (including phenoxy) is 2. The van der Waals surface area contributed by atoms with E-state index < -0.39 is 7.92 Å². The maximum Gasteiger partial charge on any atom is 0.128 e. The Hall–Kier alpha value is -4.14. The third-order valence-electron chi connectivity index (χ3n) is 6.55. The first-order valence-corrected chi connectivity index (χ1v) is 13.9. The van der Waals surface area contributed by atoms with E-state index in [0.29, 0.717) is 6.54 Å². The Morgan fingerprint density at radius 3 is 1.87 bits per heavy atom. The van der Waals surface area contributed by atoms with Crippen molar-refractivity contribution in [3.8, 4) is 22.6 Å². The first-order valence-electron chi connectivity index (χ1n) is 12.6. The van der Waals surface area contributed by atoms with Crippen molar-refractivity contribution in [3.05, 3.63) is 127 Å². The molecule has 5 heteroatoms.